The third kappa shape index (κ3) is 1.85. The molecule has 2 aromatic rings. The molecule has 1 aliphatic heterocycles. The molecule has 0 radical (unpaired) electrons. The first-order valence-corrected chi connectivity index (χ1v) is 5.78. The van der Waals surface area contributed by atoms with E-state index >= 15 is 0 Å². The number of hydrogen-bond acceptors (Lipinski definition) is 5. The minimum atomic E-state index is -1.08. The van der Waals surface area contributed by atoms with Gasteiger partial charge in [-0.15, -0.1) is 15.3 Å². The fourth-order valence-electron chi connectivity index (χ4n) is 2.10. The quantitative estimate of drug-likeness (QED) is 0.817. The molecule has 18 heavy (non-hydrogen) atoms. The molecule has 8 heteroatoms. The summed E-state index contributed by atoms with van der Waals surface area (Å²) in [5, 5.41) is 24.4. The third-order valence-electron chi connectivity index (χ3n) is 3.00. The highest BCUT2D eigenvalue weighted by molar-refractivity contribution is 5.84. The van der Waals surface area contributed by atoms with Crippen LogP contribution in [0.1, 0.15) is 35.0 Å². The second kappa shape index (κ2) is 4.21. The highest BCUT2D eigenvalue weighted by Gasteiger charge is 2.17. The van der Waals surface area contributed by atoms with Crippen LogP contribution in [-0.4, -0.2) is 40.8 Å². The van der Waals surface area contributed by atoms with Crippen LogP contribution in [0.15, 0.2) is 6.20 Å². The molecule has 3 rings (SSSR count). The van der Waals surface area contributed by atoms with Crippen molar-refractivity contribution in [2.45, 2.75) is 32.4 Å². The molecule has 0 fully saturated rings. The standard InChI is InChI=1S/C10H12N6O2/c17-10(18)7-5-15(14-11-7)6-9-13-12-8-3-1-2-4-16(8)9/h5H,1-4,6H2,(H,17,18). The van der Waals surface area contributed by atoms with Crippen molar-refractivity contribution in [3.63, 3.8) is 0 Å². The van der Waals surface area contributed by atoms with Gasteiger partial charge in [0.2, 0.25) is 0 Å². The summed E-state index contributed by atoms with van der Waals surface area (Å²) < 4.78 is 3.54. The van der Waals surface area contributed by atoms with Gasteiger partial charge < -0.3 is 9.67 Å². The Bertz CT molecular complexity index is 587. The summed E-state index contributed by atoms with van der Waals surface area (Å²) in [5.74, 6) is 0.714. The normalized spacial score (nSPS) is 14.4. The fraction of sp³-hybridized carbons (Fsp3) is 0.500. The molecule has 0 aromatic carbocycles. The lowest BCUT2D eigenvalue weighted by molar-refractivity contribution is 0.0690. The monoisotopic (exact) mass is 248 g/mol. The van der Waals surface area contributed by atoms with E-state index in [-0.39, 0.29) is 5.69 Å². The fourth-order valence-corrected chi connectivity index (χ4v) is 2.10. The number of hydrogen-bond donors (Lipinski definition) is 1. The van der Waals surface area contributed by atoms with Crippen LogP contribution in [0.25, 0.3) is 0 Å². The molecule has 0 amide bonds. The van der Waals surface area contributed by atoms with Gasteiger partial charge in [0.1, 0.15) is 12.4 Å². The second-order valence-corrected chi connectivity index (χ2v) is 4.25. The molecule has 94 valence electrons. The van der Waals surface area contributed by atoms with Gasteiger partial charge in [-0.05, 0) is 12.8 Å². The van der Waals surface area contributed by atoms with Crippen LogP contribution in [0.2, 0.25) is 0 Å². The number of carboxylic acid groups (broad SMARTS) is 1. The molecule has 2 aromatic heterocycles. The van der Waals surface area contributed by atoms with Crippen molar-refractivity contribution in [2.75, 3.05) is 0 Å². The summed E-state index contributed by atoms with van der Waals surface area (Å²) in [7, 11) is 0. The largest absolute Gasteiger partial charge is 0.476 e. The number of fused-ring (bicyclic) bond motifs is 1. The molecule has 0 unspecified atom stereocenters. The predicted octanol–water partition coefficient (Wildman–Crippen LogP) is -0.0476. The van der Waals surface area contributed by atoms with Crippen molar-refractivity contribution in [3.8, 4) is 0 Å². The van der Waals surface area contributed by atoms with Crippen molar-refractivity contribution in [3.05, 3.63) is 23.5 Å². The molecule has 0 bridgehead atoms. The molecule has 0 saturated heterocycles. The SMILES string of the molecule is O=C(O)c1cn(Cc2nnc3n2CCCC3)nn1. The van der Waals surface area contributed by atoms with Crippen molar-refractivity contribution < 1.29 is 9.90 Å². The average molecular weight is 248 g/mol. The first kappa shape index (κ1) is 10.9. The smallest absolute Gasteiger partial charge is 0.358 e. The molecule has 3 heterocycles. The summed E-state index contributed by atoms with van der Waals surface area (Å²) in [6.07, 6.45) is 4.61. The van der Waals surface area contributed by atoms with Gasteiger partial charge in [-0.1, -0.05) is 5.21 Å². The van der Waals surface area contributed by atoms with Crippen LogP contribution in [0.5, 0.6) is 0 Å². The van der Waals surface area contributed by atoms with Crippen LogP contribution in [0.3, 0.4) is 0 Å². The van der Waals surface area contributed by atoms with E-state index in [9.17, 15) is 4.79 Å². The molecule has 0 aliphatic carbocycles. The Morgan fingerprint density at radius 1 is 1.33 bits per heavy atom. The van der Waals surface area contributed by atoms with Crippen LogP contribution < -0.4 is 0 Å². The van der Waals surface area contributed by atoms with Gasteiger partial charge in [-0.25, -0.2) is 9.48 Å². The van der Waals surface area contributed by atoms with Gasteiger partial charge in [-0.3, -0.25) is 0 Å². The zero-order valence-electron chi connectivity index (χ0n) is 9.65. The van der Waals surface area contributed by atoms with Gasteiger partial charge in [0, 0.05) is 13.0 Å². The van der Waals surface area contributed by atoms with Gasteiger partial charge in [0.05, 0.1) is 6.20 Å². The Balaban J connectivity index is 1.83. The van der Waals surface area contributed by atoms with Crippen molar-refractivity contribution in [1.29, 1.82) is 0 Å². The van der Waals surface area contributed by atoms with Crippen LogP contribution >= 0.6 is 0 Å². The Morgan fingerprint density at radius 2 is 2.22 bits per heavy atom. The number of carbonyl (C=O) groups is 1. The maximum absolute atomic E-state index is 10.7. The van der Waals surface area contributed by atoms with E-state index in [0.29, 0.717) is 6.54 Å². The highest BCUT2D eigenvalue weighted by Crippen LogP contribution is 2.14. The first-order chi connectivity index (χ1) is 8.74. The Labute approximate surface area is 102 Å². The van der Waals surface area contributed by atoms with Gasteiger partial charge in [-0.2, -0.15) is 0 Å². The number of aryl methyl sites for hydroxylation is 1. The van der Waals surface area contributed by atoms with Gasteiger partial charge in [0.15, 0.2) is 11.5 Å². The first-order valence-electron chi connectivity index (χ1n) is 5.78. The summed E-state index contributed by atoms with van der Waals surface area (Å²) >= 11 is 0. The number of carboxylic acids is 1. The lowest BCUT2D eigenvalue weighted by atomic mass is 10.2. The summed E-state index contributed by atoms with van der Waals surface area (Å²) in [4.78, 5) is 10.7. The summed E-state index contributed by atoms with van der Waals surface area (Å²) in [6, 6.07) is 0. The number of aromatic carboxylic acids is 1. The molecular formula is C10H12N6O2. The van der Waals surface area contributed by atoms with E-state index in [4.69, 9.17) is 5.11 Å². The van der Waals surface area contributed by atoms with Crippen LogP contribution in [0.4, 0.5) is 0 Å². The second-order valence-electron chi connectivity index (χ2n) is 4.25. The van der Waals surface area contributed by atoms with Crippen molar-refractivity contribution in [2.24, 2.45) is 0 Å². The molecule has 0 spiro atoms. The van der Waals surface area contributed by atoms with E-state index < -0.39 is 5.97 Å². The average Bonchev–Trinajstić information content (AvgIpc) is 2.98. The Kier molecular flexibility index (Phi) is 2.54. The number of nitrogens with zero attached hydrogens (tertiary/aromatic N) is 6. The summed E-state index contributed by atoms with van der Waals surface area (Å²) in [5.41, 5.74) is -0.0617. The third-order valence-corrected chi connectivity index (χ3v) is 3.00. The lowest BCUT2D eigenvalue weighted by Gasteiger charge is -2.14. The highest BCUT2D eigenvalue weighted by atomic mass is 16.4. The number of aromatic nitrogens is 6. The number of rotatable bonds is 3. The van der Waals surface area contributed by atoms with E-state index in [2.05, 4.69) is 25.1 Å². The summed E-state index contributed by atoms with van der Waals surface area (Å²) in [6.45, 7) is 1.31. The Morgan fingerprint density at radius 3 is 3.00 bits per heavy atom. The topological polar surface area (TPSA) is 98.7 Å². The van der Waals surface area contributed by atoms with E-state index in [1.807, 2.05) is 0 Å². The minimum absolute atomic E-state index is 0.0617. The van der Waals surface area contributed by atoms with Crippen molar-refractivity contribution >= 4 is 5.97 Å². The van der Waals surface area contributed by atoms with E-state index in [0.717, 1.165) is 37.5 Å². The van der Waals surface area contributed by atoms with Crippen molar-refractivity contribution in [1.82, 2.24) is 29.8 Å². The van der Waals surface area contributed by atoms with Crippen LogP contribution in [0, 0.1) is 0 Å². The van der Waals surface area contributed by atoms with E-state index in [1.165, 1.54) is 10.9 Å². The molecule has 0 atom stereocenters. The zero-order valence-corrected chi connectivity index (χ0v) is 9.65. The molecule has 1 aliphatic rings. The maximum atomic E-state index is 10.7. The molecule has 1 N–H and O–H groups in total. The molecule has 8 nitrogen and oxygen atoms in total. The Hall–Kier alpha value is -2.25. The van der Waals surface area contributed by atoms with Crippen LogP contribution in [-0.2, 0) is 19.5 Å². The predicted molar refractivity (Wildman–Crippen MR) is 59.0 cm³/mol. The minimum Gasteiger partial charge on any atom is -0.476 e. The maximum Gasteiger partial charge on any atom is 0.358 e. The van der Waals surface area contributed by atoms with Gasteiger partial charge >= 0.3 is 5.97 Å². The molecular weight excluding hydrogens is 236 g/mol. The van der Waals surface area contributed by atoms with Gasteiger partial charge in [0.25, 0.3) is 0 Å². The zero-order chi connectivity index (χ0) is 12.5. The lowest BCUT2D eigenvalue weighted by Crippen LogP contribution is -2.15. The van der Waals surface area contributed by atoms with E-state index in [1.54, 1.807) is 0 Å². The molecule has 0 saturated carbocycles.